The minimum Gasteiger partial charge on any atom is -0.382 e. The van der Waals surface area contributed by atoms with Gasteiger partial charge >= 0.3 is 0 Å². The molecule has 1 aliphatic heterocycles. The molecule has 1 aromatic heterocycles. The first-order chi connectivity index (χ1) is 10.1. The van der Waals surface area contributed by atoms with Gasteiger partial charge in [0.15, 0.2) is 5.13 Å². The van der Waals surface area contributed by atoms with Crippen LogP contribution in [0.25, 0.3) is 0 Å². The summed E-state index contributed by atoms with van der Waals surface area (Å²) >= 11 is 1.33. The summed E-state index contributed by atoms with van der Waals surface area (Å²) in [5.41, 5.74) is 5.83. The van der Waals surface area contributed by atoms with Gasteiger partial charge in [-0.3, -0.25) is 4.79 Å². The molecule has 0 radical (unpaired) electrons. The highest BCUT2D eigenvalue weighted by Crippen LogP contribution is 2.25. The Labute approximate surface area is 130 Å². The maximum atomic E-state index is 12.2. The first-order valence-electron chi connectivity index (χ1n) is 7.64. The number of nitrogens with two attached hydrogens (primary N) is 1. The van der Waals surface area contributed by atoms with E-state index in [0.717, 1.165) is 44.2 Å². The van der Waals surface area contributed by atoms with E-state index in [4.69, 9.17) is 5.73 Å². The molecule has 1 unspecified atom stereocenters. The van der Waals surface area contributed by atoms with Gasteiger partial charge in [0.1, 0.15) is 10.7 Å². The number of hydrogen-bond acceptors (Lipinski definition) is 6. The third kappa shape index (κ3) is 4.31. The fourth-order valence-corrected chi connectivity index (χ4v) is 3.31. The number of anilines is 2. The number of aromatic nitrogens is 1. The predicted molar refractivity (Wildman–Crippen MR) is 87.9 cm³/mol. The molecule has 21 heavy (non-hydrogen) atoms. The molecule has 0 spiro atoms. The molecule has 7 heteroatoms. The Balaban J connectivity index is 1.84. The van der Waals surface area contributed by atoms with Crippen LogP contribution in [-0.4, -0.2) is 48.5 Å². The molecule has 0 aliphatic carbocycles. The molecule has 1 atom stereocenters. The van der Waals surface area contributed by atoms with Gasteiger partial charge in [0.2, 0.25) is 0 Å². The average Bonchev–Trinajstić information content (AvgIpc) is 3.09. The summed E-state index contributed by atoms with van der Waals surface area (Å²) in [6.07, 6.45) is 2.16. The van der Waals surface area contributed by atoms with E-state index in [1.807, 2.05) is 0 Å². The first kappa shape index (κ1) is 16.0. The lowest BCUT2D eigenvalue weighted by molar-refractivity contribution is 0.0952. The molecular weight excluding hydrogens is 286 g/mol. The van der Waals surface area contributed by atoms with Gasteiger partial charge in [-0.2, -0.15) is 0 Å². The van der Waals surface area contributed by atoms with Crippen LogP contribution in [0, 0.1) is 5.92 Å². The maximum absolute atomic E-state index is 12.2. The number of nitrogens with one attached hydrogen (secondary N) is 2. The summed E-state index contributed by atoms with van der Waals surface area (Å²) in [5.74, 6) is 0.753. The smallest absolute Gasteiger partial charge is 0.265 e. The lowest BCUT2D eigenvalue weighted by atomic mass is 10.1. The number of carbonyl (C=O) groups is 1. The monoisotopic (exact) mass is 311 g/mol. The standard InChI is InChI=1S/C14H25N5OS/c1-3-6-16-14-18-12(15)11(21-14)13(20)17-8-10-5-7-19(4-2)9-10/h10H,3-9,15H2,1-2H3,(H,16,18)(H,17,20). The third-order valence-corrected chi connectivity index (χ3v) is 4.78. The fraction of sp³-hybridized carbons (Fsp3) is 0.714. The Morgan fingerprint density at radius 1 is 1.52 bits per heavy atom. The lowest BCUT2D eigenvalue weighted by Crippen LogP contribution is -2.30. The molecular formula is C14H25N5OS. The first-order valence-corrected chi connectivity index (χ1v) is 8.46. The molecule has 0 saturated carbocycles. The number of hydrogen-bond donors (Lipinski definition) is 3. The van der Waals surface area contributed by atoms with Crippen molar-refractivity contribution in [2.75, 3.05) is 43.8 Å². The number of likely N-dealkylation sites (tertiary alicyclic amines) is 1. The number of nitrogens with zero attached hydrogens (tertiary/aromatic N) is 2. The van der Waals surface area contributed by atoms with Crippen LogP contribution in [0.15, 0.2) is 0 Å². The van der Waals surface area contributed by atoms with Crippen LogP contribution in [0.4, 0.5) is 10.9 Å². The maximum Gasteiger partial charge on any atom is 0.265 e. The molecule has 1 saturated heterocycles. The topological polar surface area (TPSA) is 83.3 Å². The number of amides is 1. The molecule has 1 aliphatic rings. The SMILES string of the molecule is CCCNc1nc(N)c(C(=O)NCC2CCN(CC)C2)s1. The Bertz CT molecular complexity index is 476. The summed E-state index contributed by atoms with van der Waals surface area (Å²) in [7, 11) is 0. The van der Waals surface area contributed by atoms with Gasteiger partial charge in [0.25, 0.3) is 5.91 Å². The minimum atomic E-state index is -0.107. The van der Waals surface area contributed by atoms with E-state index < -0.39 is 0 Å². The van der Waals surface area contributed by atoms with Crippen LogP contribution in [0.3, 0.4) is 0 Å². The number of thiazole rings is 1. The minimum absolute atomic E-state index is 0.107. The lowest BCUT2D eigenvalue weighted by Gasteiger charge is -2.13. The average molecular weight is 311 g/mol. The Kier molecular flexibility index (Phi) is 5.81. The van der Waals surface area contributed by atoms with E-state index >= 15 is 0 Å². The van der Waals surface area contributed by atoms with E-state index in [1.165, 1.54) is 11.3 Å². The van der Waals surface area contributed by atoms with Crippen molar-refractivity contribution in [2.24, 2.45) is 5.92 Å². The second-order valence-corrected chi connectivity index (χ2v) is 6.42. The van der Waals surface area contributed by atoms with Gasteiger partial charge in [-0.25, -0.2) is 4.98 Å². The number of nitrogen functional groups attached to an aromatic ring is 1. The van der Waals surface area contributed by atoms with Gasteiger partial charge in [-0.15, -0.1) is 0 Å². The molecule has 1 amide bonds. The molecule has 6 nitrogen and oxygen atoms in total. The molecule has 118 valence electrons. The summed E-state index contributed by atoms with van der Waals surface area (Å²) in [4.78, 5) is 19.3. The summed E-state index contributed by atoms with van der Waals surface area (Å²) < 4.78 is 0. The van der Waals surface area contributed by atoms with Crippen LogP contribution in [0.1, 0.15) is 36.4 Å². The van der Waals surface area contributed by atoms with Crippen molar-refractivity contribution in [3.63, 3.8) is 0 Å². The fourth-order valence-electron chi connectivity index (χ4n) is 2.49. The van der Waals surface area contributed by atoms with Crippen molar-refractivity contribution in [1.82, 2.24) is 15.2 Å². The van der Waals surface area contributed by atoms with Gasteiger partial charge in [-0.1, -0.05) is 25.2 Å². The van der Waals surface area contributed by atoms with Crippen molar-refractivity contribution < 1.29 is 4.79 Å². The molecule has 2 rings (SSSR count). The van der Waals surface area contributed by atoms with Crippen LogP contribution in [0.5, 0.6) is 0 Å². The second kappa shape index (κ2) is 7.61. The highest BCUT2D eigenvalue weighted by Gasteiger charge is 2.23. The molecule has 1 aromatic rings. The number of carbonyl (C=O) groups excluding carboxylic acids is 1. The van der Waals surface area contributed by atoms with Crippen molar-refractivity contribution in [3.8, 4) is 0 Å². The van der Waals surface area contributed by atoms with E-state index in [9.17, 15) is 4.79 Å². The van der Waals surface area contributed by atoms with Gasteiger partial charge in [-0.05, 0) is 31.8 Å². The second-order valence-electron chi connectivity index (χ2n) is 5.42. The van der Waals surface area contributed by atoms with Gasteiger partial charge < -0.3 is 21.3 Å². The van der Waals surface area contributed by atoms with Crippen molar-refractivity contribution in [3.05, 3.63) is 4.88 Å². The van der Waals surface area contributed by atoms with Crippen molar-refractivity contribution >= 4 is 28.2 Å². The van der Waals surface area contributed by atoms with Gasteiger partial charge in [0.05, 0.1) is 0 Å². The molecule has 2 heterocycles. The summed E-state index contributed by atoms with van der Waals surface area (Å²) in [5, 5.41) is 6.87. The third-order valence-electron chi connectivity index (χ3n) is 3.75. The summed E-state index contributed by atoms with van der Waals surface area (Å²) in [6, 6.07) is 0. The van der Waals surface area contributed by atoms with E-state index in [2.05, 4.69) is 34.4 Å². The van der Waals surface area contributed by atoms with E-state index in [0.29, 0.717) is 23.2 Å². The van der Waals surface area contributed by atoms with Crippen LogP contribution in [0.2, 0.25) is 0 Å². The Morgan fingerprint density at radius 2 is 2.33 bits per heavy atom. The zero-order valence-electron chi connectivity index (χ0n) is 12.8. The highest BCUT2D eigenvalue weighted by atomic mass is 32.1. The normalized spacial score (nSPS) is 18.9. The molecule has 0 bridgehead atoms. The van der Waals surface area contributed by atoms with Crippen molar-refractivity contribution in [1.29, 1.82) is 0 Å². The highest BCUT2D eigenvalue weighted by molar-refractivity contribution is 7.18. The number of rotatable bonds is 7. The zero-order chi connectivity index (χ0) is 15.2. The van der Waals surface area contributed by atoms with Crippen LogP contribution < -0.4 is 16.4 Å². The molecule has 0 aromatic carbocycles. The van der Waals surface area contributed by atoms with E-state index in [-0.39, 0.29) is 5.91 Å². The molecule has 1 fully saturated rings. The Morgan fingerprint density at radius 3 is 3.00 bits per heavy atom. The predicted octanol–water partition coefficient (Wildman–Crippen LogP) is 1.62. The van der Waals surface area contributed by atoms with Gasteiger partial charge in [0, 0.05) is 19.6 Å². The van der Waals surface area contributed by atoms with Crippen LogP contribution >= 0.6 is 11.3 Å². The quantitative estimate of drug-likeness (QED) is 0.713. The van der Waals surface area contributed by atoms with E-state index in [1.54, 1.807) is 0 Å². The molecule has 4 N–H and O–H groups in total. The largest absolute Gasteiger partial charge is 0.382 e. The van der Waals surface area contributed by atoms with Crippen LogP contribution in [-0.2, 0) is 0 Å². The Hall–Kier alpha value is -1.34. The summed E-state index contributed by atoms with van der Waals surface area (Å²) in [6.45, 7) is 9.08. The zero-order valence-corrected chi connectivity index (χ0v) is 13.6. The van der Waals surface area contributed by atoms with Crippen molar-refractivity contribution in [2.45, 2.75) is 26.7 Å².